The van der Waals surface area contributed by atoms with Gasteiger partial charge < -0.3 is 23.7 Å². The fourth-order valence-corrected chi connectivity index (χ4v) is 3.28. The smallest absolute Gasteiger partial charge is 0.276 e. The van der Waals surface area contributed by atoms with E-state index in [9.17, 15) is 9.90 Å². The normalized spacial score (nSPS) is 13.3. The third kappa shape index (κ3) is 4.69. The Kier molecular flexibility index (Phi) is 5.68. The number of carbonyl (C=O) groups is 1. The van der Waals surface area contributed by atoms with Crippen LogP contribution in [0.25, 0.3) is 11.5 Å². The highest BCUT2D eigenvalue weighted by molar-refractivity contribution is 7.99. The maximum Gasteiger partial charge on any atom is 0.276 e. The van der Waals surface area contributed by atoms with Gasteiger partial charge in [0.15, 0.2) is 17.3 Å². The average Bonchev–Trinajstić information content (AvgIpc) is 3.39. The van der Waals surface area contributed by atoms with Gasteiger partial charge in [0.25, 0.3) is 5.22 Å². The van der Waals surface area contributed by atoms with Crippen molar-refractivity contribution >= 4 is 17.5 Å². The van der Waals surface area contributed by atoms with Gasteiger partial charge in [-0.1, -0.05) is 11.8 Å². The van der Waals surface area contributed by atoms with E-state index < -0.39 is 6.10 Å². The molecule has 4 rings (SSSR count). The van der Waals surface area contributed by atoms with Crippen LogP contribution in [-0.4, -0.2) is 46.3 Å². The molecular weight excluding hydrogens is 396 g/mol. The number of hydrogen-bond donors (Lipinski definition) is 1. The number of aromatic nitrogens is 2. The zero-order valence-electron chi connectivity index (χ0n) is 15.5. The van der Waals surface area contributed by atoms with Gasteiger partial charge in [0.2, 0.25) is 12.7 Å². The molecule has 0 aliphatic carbocycles. The SMILES string of the molecule is CC(=O)c1ccc(OC[C@@H](O)CSc2nnc(-c3ccc4c(c3)OCO4)o2)cc1. The highest BCUT2D eigenvalue weighted by Crippen LogP contribution is 2.36. The predicted octanol–water partition coefficient (Wildman–Crippen LogP) is 3.20. The lowest BCUT2D eigenvalue weighted by atomic mass is 10.1. The first-order chi connectivity index (χ1) is 14.1. The monoisotopic (exact) mass is 414 g/mol. The third-order valence-corrected chi connectivity index (χ3v) is 5.09. The zero-order chi connectivity index (χ0) is 20.2. The van der Waals surface area contributed by atoms with Crippen LogP contribution in [0.5, 0.6) is 17.2 Å². The Balaban J connectivity index is 1.27. The lowest BCUT2D eigenvalue weighted by Gasteiger charge is -2.11. The quantitative estimate of drug-likeness (QED) is 0.439. The van der Waals surface area contributed by atoms with E-state index in [0.717, 1.165) is 5.56 Å². The van der Waals surface area contributed by atoms with Crippen LogP contribution in [0.4, 0.5) is 0 Å². The van der Waals surface area contributed by atoms with Crippen molar-refractivity contribution in [2.45, 2.75) is 18.3 Å². The van der Waals surface area contributed by atoms with E-state index in [-0.39, 0.29) is 19.2 Å². The summed E-state index contributed by atoms with van der Waals surface area (Å²) in [7, 11) is 0. The second-order valence-electron chi connectivity index (χ2n) is 6.30. The number of nitrogens with zero attached hydrogens (tertiary/aromatic N) is 2. The van der Waals surface area contributed by atoms with Gasteiger partial charge in [0.1, 0.15) is 12.4 Å². The lowest BCUT2D eigenvalue weighted by Crippen LogP contribution is -2.20. The second kappa shape index (κ2) is 8.54. The van der Waals surface area contributed by atoms with Gasteiger partial charge in [-0.15, -0.1) is 10.2 Å². The highest BCUT2D eigenvalue weighted by Gasteiger charge is 2.17. The van der Waals surface area contributed by atoms with Crippen LogP contribution in [0.3, 0.4) is 0 Å². The van der Waals surface area contributed by atoms with Crippen molar-refractivity contribution < 1.29 is 28.5 Å². The minimum absolute atomic E-state index is 0.00680. The molecule has 0 bridgehead atoms. The molecule has 3 aromatic rings. The Bertz CT molecular complexity index is 1000. The molecule has 1 atom stereocenters. The van der Waals surface area contributed by atoms with Crippen LogP contribution in [0.15, 0.2) is 52.1 Å². The molecule has 2 aromatic carbocycles. The van der Waals surface area contributed by atoms with E-state index in [1.807, 2.05) is 6.07 Å². The van der Waals surface area contributed by atoms with E-state index in [4.69, 9.17) is 18.6 Å². The standard InChI is InChI=1S/C20H18N2O6S/c1-12(23)13-2-5-16(6-3-13)25-9-15(24)10-29-20-22-21-19(28-20)14-4-7-17-18(8-14)27-11-26-17/h2-8,15,24H,9-11H2,1H3/t15-/m1/s1. The molecule has 0 fully saturated rings. The van der Waals surface area contributed by atoms with Crippen LogP contribution in [0.2, 0.25) is 0 Å². The molecule has 0 spiro atoms. The predicted molar refractivity (Wildman–Crippen MR) is 105 cm³/mol. The molecule has 1 aromatic heterocycles. The van der Waals surface area contributed by atoms with Gasteiger partial charge in [0, 0.05) is 16.9 Å². The summed E-state index contributed by atoms with van der Waals surface area (Å²) < 4.78 is 21.8. The largest absolute Gasteiger partial charge is 0.491 e. The van der Waals surface area contributed by atoms with Crippen molar-refractivity contribution in [3.63, 3.8) is 0 Å². The summed E-state index contributed by atoms with van der Waals surface area (Å²) >= 11 is 1.24. The van der Waals surface area contributed by atoms with E-state index in [1.54, 1.807) is 36.4 Å². The summed E-state index contributed by atoms with van der Waals surface area (Å²) in [5.41, 5.74) is 1.34. The summed E-state index contributed by atoms with van der Waals surface area (Å²) in [6.45, 7) is 1.81. The first-order valence-electron chi connectivity index (χ1n) is 8.86. The number of Topliss-reactive ketones (excluding diaryl/α,β-unsaturated/α-hetero) is 1. The third-order valence-electron chi connectivity index (χ3n) is 4.13. The Morgan fingerprint density at radius 3 is 2.76 bits per heavy atom. The molecule has 0 amide bonds. The van der Waals surface area contributed by atoms with E-state index in [0.29, 0.717) is 39.7 Å². The highest BCUT2D eigenvalue weighted by atomic mass is 32.2. The first kappa shape index (κ1) is 19.3. The Labute approximate surface area is 170 Å². The van der Waals surface area contributed by atoms with Crippen LogP contribution < -0.4 is 14.2 Å². The van der Waals surface area contributed by atoms with Gasteiger partial charge >= 0.3 is 0 Å². The van der Waals surface area contributed by atoms with E-state index in [2.05, 4.69) is 10.2 Å². The van der Waals surface area contributed by atoms with Crippen molar-refractivity contribution in [1.29, 1.82) is 0 Å². The maximum absolute atomic E-state index is 11.3. The number of thioether (sulfide) groups is 1. The van der Waals surface area contributed by atoms with Gasteiger partial charge in [-0.25, -0.2) is 0 Å². The molecule has 0 saturated carbocycles. The molecule has 2 heterocycles. The number of aliphatic hydroxyl groups is 1. The number of hydrogen-bond acceptors (Lipinski definition) is 9. The minimum Gasteiger partial charge on any atom is -0.491 e. The number of ether oxygens (including phenoxy) is 3. The Morgan fingerprint density at radius 1 is 1.17 bits per heavy atom. The van der Waals surface area contributed by atoms with Crippen molar-refractivity contribution in [3.8, 4) is 28.7 Å². The fraction of sp³-hybridized carbons (Fsp3) is 0.250. The number of aliphatic hydroxyl groups excluding tert-OH is 1. The summed E-state index contributed by atoms with van der Waals surface area (Å²) in [5.74, 6) is 2.59. The first-order valence-corrected chi connectivity index (χ1v) is 9.85. The molecule has 1 aliphatic heterocycles. The Morgan fingerprint density at radius 2 is 1.97 bits per heavy atom. The number of benzene rings is 2. The summed E-state index contributed by atoms with van der Waals surface area (Å²) in [4.78, 5) is 11.3. The molecule has 150 valence electrons. The van der Waals surface area contributed by atoms with Crippen molar-refractivity contribution in [1.82, 2.24) is 10.2 Å². The maximum atomic E-state index is 11.3. The van der Waals surface area contributed by atoms with Crippen LogP contribution in [-0.2, 0) is 0 Å². The van der Waals surface area contributed by atoms with Crippen LogP contribution in [0.1, 0.15) is 17.3 Å². The second-order valence-corrected chi connectivity index (χ2v) is 7.27. The summed E-state index contributed by atoms with van der Waals surface area (Å²) in [5, 5.41) is 18.5. The van der Waals surface area contributed by atoms with Gasteiger partial charge in [-0.05, 0) is 49.4 Å². The van der Waals surface area contributed by atoms with Gasteiger partial charge in [-0.3, -0.25) is 4.79 Å². The van der Waals surface area contributed by atoms with Crippen molar-refractivity contribution in [2.75, 3.05) is 19.2 Å². The summed E-state index contributed by atoms with van der Waals surface area (Å²) in [6, 6.07) is 12.2. The fourth-order valence-electron chi connectivity index (χ4n) is 2.61. The lowest BCUT2D eigenvalue weighted by molar-refractivity contribution is 0.101. The van der Waals surface area contributed by atoms with Crippen molar-refractivity contribution in [3.05, 3.63) is 48.0 Å². The molecule has 9 heteroatoms. The van der Waals surface area contributed by atoms with Crippen molar-refractivity contribution in [2.24, 2.45) is 0 Å². The number of ketones is 1. The molecule has 8 nitrogen and oxygen atoms in total. The molecule has 0 unspecified atom stereocenters. The minimum atomic E-state index is -0.728. The molecule has 1 N–H and O–H groups in total. The number of rotatable bonds is 8. The number of carbonyl (C=O) groups excluding carboxylic acids is 1. The average molecular weight is 414 g/mol. The summed E-state index contributed by atoms with van der Waals surface area (Å²) in [6.07, 6.45) is -0.728. The van der Waals surface area contributed by atoms with Crippen LogP contribution >= 0.6 is 11.8 Å². The topological polar surface area (TPSA) is 104 Å². The molecular formula is C20H18N2O6S. The number of fused-ring (bicyclic) bond motifs is 1. The van der Waals surface area contributed by atoms with Crippen LogP contribution in [0, 0.1) is 0 Å². The molecule has 1 aliphatic rings. The molecule has 29 heavy (non-hydrogen) atoms. The van der Waals surface area contributed by atoms with Gasteiger partial charge in [0.05, 0.1) is 6.10 Å². The van der Waals surface area contributed by atoms with E-state index >= 15 is 0 Å². The Hall–Kier alpha value is -3.04. The molecule has 0 radical (unpaired) electrons. The van der Waals surface area contributed by atoms with E-state index in [1.165, 1.54) is 18.7 Å². The zero-order valence-corrected chi connectivity index (χ0v) is 16.3. The van der Waals surface area contributed by atoms with Gasteiger partial charge in [-0.2, -0.15) is 0 Å². The molecule has 0 saturated heterocycles.